The Labute approximate surface area is 122 Å². The number of rotatable bonds is 5. The summed E-state index contributed by atoms with van der Waals surface area (Å²) in [5.74, 6) is 0. The van der Waals surface area contributed by atoms with E-state index in [1.807, 2.05) is 0 Å². The summed E-state index contributed by atoms with van der Waals surface area (Å²) in [5.41, 5.74) is 6.19. The summed E-state index contributed by atoms with van der Waals surface area (Å²) in [7, 11) is 0. The van der Waals surface area contributed by atoms with Crippen molar-refractivity contribution < 1.29 is 0 Å². The Hall–Kier alpha value is -1.61. The molecule has 0 aliphatic carbocycles. The van der Waals surface area contributed by atoms with Gasteiger partial charge in [0.05, 0.1) is 11.4 Å². The van der Waals surface area contributed by atoms with Gasteiger partial charge < -0.3 is 5.32 Å². The van der Waals surface area contributed by atoms with Gasteiger partial charge in [0.1, 0.15) is 0 Å². The molecule has 0 fully saturated rings. The summed E-state index contributed by atoms with van der Waals surface area (Å²) in [6, 6.07) is 9.07. The summed E-state index contributed by atoms with van der Waals surface area (Å²) >= 11 is 0. The minimum absolute atomic E-state index is 0.390. The molecule has 0 saturated carbocycles. The fourth-order valence-electron chi connectivity index (χ4n) is 2.77. The fourth-order valence-corrected chi connectivity index (χ4v) is 2.77. The quantitative estimate of drug-likeness (QED) is 0.898. The van der Waals surface area contributed by atoms with Gasteiger partial charge in [0.2, 0.25) is 0 Å². The maximum atomic E-state index is 4.66. The third-order valence-corrected chi connectivity index (χ3v) is 3.94. The molecule has 0 spiro atoms. The fraction of sp³-hybridized carbons (Fsp3) is 0.471. The molecule has 2 aromatic rings. The first kappa shape index (κ1) is 14.8. The van der Waals surface area contributed by atoms with Gasteiger partial charge in [-0.15, -0.1) is 0 Å². The Balaban J connectivity index is 2.31. The molecule has 1 heterocycles. The van der Waals surface area contributed by atoms with E-state index >= 15 is 0 Å². The Bertz CT molecular complexity index is 567. The summed E-state index contributed by atoms with van der Waals surface area (Å²) in [4.78, 5) is 0. The summed E-state index contributed by atoms with van der Waals surface area (Å²) in [5, 5.41) is 8.10. The second kappa shape index (κ2) is 6.23. The maximum Gasteiger partial charge on any atom is 0.0649 e. The molecule has 1 N–H and O–H groups in total. The van der Waals surface area contributed by atoms with E-state index in [1.165, 1.54) is 16.8 Å². The summed E-state index contributed by atoms with van der Waals surface area (Å²) in [6.45, 7) is 11.7. The molecule has 0 radical (unpaired) electrons. The predicted octanol–water partition coefficient (Wildman–Crippen LogP) is 3.72. The van der Waals surface area contributed by atoms with Crippen molar-refractivity contribution in [1.82, 2.24) is 15.1 Å². The van der Waals surface area contributed by atoms with Gasteiger partial charge in [0.15, 0.2) is 0 Å². The normalized spacial score (nSPS) is 12.7. The molecule has 108 valence electrons. The largest absolute Gasteiger partial charge is 0.310 e. The van der Waals surface area contributed by atoms with Gasteiger partial charge in [-0.05, 0) is 57.0 Å². The van der Waals surface area contributed by atoms with E-state index in [2.05, 4.69) is 74.0 Å². The highest BCUT2D eigenvalue weighted by Crippen LogP contribution is 2.20. The molecule has 1 aromatic heterocycles. The van der Waals surface area contributed by atoms with Crippen LogP contribution in [0.3, 0.4) is 0 Å². The van der Waals surface area contributed by atoms with Gasteiger partial charge in [-0.2, -0.15) is 5.10 Å². The molecular weight excluding hydrogens is 246 g/mol. The first-order valence-corrected chi connectivity index (χ1v) is 7.47. The van der Waals surface area contributed by atoms with E-state index in [4.69, 9.17) is 0 Å². The van der Waals surface area contributed by atoms with Crippen molar-refractivity contribution >= 4 is 0 Å². The Morgan fingerprint density at radius 1 is 1.15 bits per heavy atom. The monoisotopic (exact) mass is 271 g/mol. The highest BCUT2D eigenvalue weighted by molar-refractivity contribution is 5.39. The molecule has 20 heavy (non-hydrogen) atoms. The number of benzene rings is 1. The standard InChI is InChI=1S/C17H25N3/c1-6-17-13(4)19-20(14(17)5)16-10-8-15(9-11-16)12(3)18-7-2/h8-12,18H,6-7H2,1-5H3. The van der Waals surface area contributed by atoms with Crippen molar-refractivity contribution in [3.8, 4) is 5.69 Å². The summed E-state index contributed by atoms with van der Waals surface area (Å²) in [6.07, 6.45) is 1.03. The molecular formula is C17H25N3. The van der Waals surface area contributed by atoms with E-state index in [0.29, 0.717) is 6.04 Å². The lowest BCUT2D eigenvalue weighted by atomic mass is 10.1. The average Bonchev–Trinajstić information content (AvgIpc) is 2.74. The third-order valence-electron chi connectivity index (χ3n) is 3.94. The van der Waals surface area contributed by atoms with E-state index < -0.39 is 0 Å². The number of nitrogens with one attached hydrogen (secondary N) is 1. The number of hydrogen-bond donors (Lipinski definition) is 1. The molecule has 0 bridgehead atoms. The van der Waals surface area contributed by atoms with Gasteiger partial charge in [0, 0.05) is 11.7 Å². The second-order valence-electron chi connectivity index (χ2n) is 5.29. The first-order chi connectivity index (χ1) is 9.58. The van der Waals surface area contributed by atoms with Crippen molar-refractivity contribution in [1.29, 1.82) is 0 Å². The molecule has 0 aliphatic rings. The number of aryl methyl sites for hydroxylation is 1. The first-order valence-electron chi connectivity index (χ1n) is 7.47. The van der Waals surface area contributed by atoms with Crippen LogP contribution in [-0.2, 0) is 6.42 Å². The zero-order valence-electron chi connectivity index (χ0n) is 13.2. The lowest BCUT2D eigenvalue weighted by molar-refractivity contribution is 0.598. The molecule has 1 unspecified atom stereocenters. The van der Waals surface area contributed by atoms with Crippen molar-refractivity contribution in [2.75, 3.05) is 6.54 Å². The van der Waals surface area contributed by atoms with Crippen LogP contribution in [0.2, 0.25) is 0 Å². The highest BCUT2D eigenvalue weighted by atomic mass is 15.3. The summed E-state index contributed by atoms with van der Waals surface area (Å²) < 4.78 is 2.05. The van der Waals surface area contributed by atoms with Crippen molar-refractivity contribution in [2.24, 2.45) is 0 Å². The smallest absolute Gasteiger partial charge is 0.0649 e. The van der Waals surface area contributed by atoms with Crippen LogP contribution in [0.4, 0.5) is 0 Å². The average molecular weight is 271 g/mol. The van der Waals surface area contributed by atoms with E-state index in [9.17, 15) is 0 Å². The van der Waals surface area contributed by atoms with Crippen LogP contribution in [-0.4, -0.2) is 16.3 Å². The third kappa shape index (κ3) is 2.78. The zero-order chi connectivity index (χ0) is 14.7. The topological polar surface area (TPSA) is 29.9 Å². The van der Waals surface area contributed by atoms with Crippen LogP contribution in [0.1, 0.15) is 49.3 Å². The Kier molecular flexibility index (Phi) is 4.61. The van der Waals surface area contributed by atoms with Gasteiger partial charge >= 0.3 is 0 Å². The van der Waals surface area contributed by atoms with Crippen LogP contribution in [0.25, 0.3) is 5.69 Å². The lowest BCUT2D eigenvalue weighted by Gasteiger charge is -2.13. The minimum Gasteiger partial charge on any atom is -0.310 e. The van der Waals surface area contributed by atoms with Crippen molar-refractivity contribution in [3.05, 3.63) is 46.8 Å². The van der Waals surface area contributed by atoms with Crippen LogP contribution in [0.5, 0.6) is 0 Å². The van der Waals surface area contributed by atoms with Crippen molar-refractivity contribution in [3.63, 3.8) is 0 Å². The molecule has 0 saturated heterocycles. The lowest BCUT2D eigenvalue weighted by Crippen LogP contribution is -2.17. The molecule has 3 nitrogen and oxygen atoms in total. The molecule has 3 heteroatoms. The number of nitrogens with zero attached hydrogens (tertiary/aromatic N) is 2. The minimum atomic E-state index is 0.390. The number of aromatic nitrogens is 2. The SMILES string of the molecule is CCNC(C)c1ccc(-n2nc(C)c(CC)c2C)cc1. The van der Waals surface area contributed by atoms with Crippen LogP contribution in [0.15, 0.2) is 24.3 Å². The number of hydrogen-bond acceptors (Lipinski definition) is 2. The van der Waals surface area contributed by atoms with Crippen molar-refractivity contribution in [2.45, 2.75) is 47.1 Å². The predicted molar refractivity (Wildman–Crippen MR) is 84.5 cm³/mol. The van der Waals surface area contributed by atoms with Gasteiger partial charge in [-0.25, -0.2) is 4.68 Å². The van der Waals surface area contributed by atoms with Crippen LogP contribution < -0.4 is 5.32 Å². The zero-order valence-corrected chi connectivity index (χ0v) is 13.2. The van der Waals surface area contributed by atoms with Gasteiger partial charge in [-0.1, -0.05) is 26.0 Å². The Morgan fingerprint density at radius 3 is 2.30 bits per heavy atom. The molecule has 0 aliphatic heterocycles. The molecule has 0 amide bonds. The highest BCUT2D eigenvalue weighted by Gasteiger charge is 2.11. The van der Waals surface area contributed by atoms with E-state index in [1.54, 1.807) is 0 Å². The van der Waals surface area contributed by atoms with Crippen LogP contribution in [0, 0.1) is 13.8 Å². The second-order valence-corrected chi connectivity index (χ2v) is 5.29. The Morgan fingerprint density at radius 2 is 1.80 bits per heavy atom. The van der Waals surface area contributed by atoms with Gasteiger partial charge in [0.25, 0.3) is 0 Å². The molecule has 2 rings (SSSR count). The maximum absolute atomic E-state index is 4.66. The van der Waals surface area contributed by atoms with Crippen LogP contribution >= 0.6 is 0 Å². The van der Waals surface area contributed by atoms with E-state index in [0.717, 1.165) is 24.3 Å². The molecule has 1 atom stereocenters. The van der Waals surface area contributed by atoms with E-state index in [-0.39, 0.29) is 0 Å². The van der Waals surface area contributed by atoms with Gasteiger partial charge in [-0.3, -0.25) is 0 Å². The molecule has 1 aromatic carbocycles.